The standard InChI is InChI=1S/C15H15ClN2O2/c16-12-9-18-4-3-10(12)7-13(17)11-1-2-14-15(8-11)20-6-5-19-14/h1-4,8-9,13H,5-7,17H2. The highest BCUT2D eigenvalue weighted by molar-refractivity contribution is 6.31. The molecule has 4 nitrogen and oxygen atoms in total. The van der Waals surface area contributed by atoms with Gasteiger partial charge >= 0.3 is 0 Å². The summed E-state index contributed by atoms with van der Waals surface area (Å²) in [5.41, 5.74) is 8.25. The topological polar surface area (TPSA) is 57.4 Å². The molecule has 0 saturated heterocycles. The fourth-order valence-corrected chi connectivity index (χ4v) is 2.41. The van der Waals surface area contributed by atoms with Crippen LogP contribution in [0.15, 0.2) is 36.7 Å². The summed E-state index contributed by atoms with van der Waals surface area (Å²) in [6, 6.07) is 7.55. The van der Waals surface area contributed by atoms with Gasteiger partial charge in [0.15, 0.2) is 11.5 Å². The molecule has 5 heteroatoms. The molecule has 0 saturated carbocycles. The van der Waals surface area contributed by atoms with E-state index < -0.39 is 0 Å². The minimum Gasteiger partial charge on any atom is -0.486 e. The van der Waals surface area contributed by atoms with Gasteiger partial charge in [0.25, 0.3) is 0 Å². The third-order valence-electron chi connectivity index (χ3n) is 3.29. The van der Waals surface area contributed by atoms with E-state index in [2.05, 4.69) is 4.98 Å². The number of hydrogen-bond acceptors (Lipinski definition) is 4. The zero-order valence-corrected chi connectivity index (χ0v) is 11.6. The Morgan fingerprint density at radius 1 is 1.20 bits per heavy atom. The first kappa shape index (κ1) is 13.2. The maximum atomic E-state index is 6.25. The zero-order valence-electron chi connectivity index (χ0n) is 10.9. The van der Waals surface area contributed by atoms with Gasteiger partial charge in [-0.15, -0.1) is 0 Å². The Morgan fingerprint density at radius 3 is 2.80 bits per heavy atom. The van der Waals surface area contributed by atoms with Gasteiger partial charge in [-0.25, -0.2) is 0 Å². The van der Waals surface area contributed by atoms with Crippen molar-refractivity contribution in [3.05, 3.63) is 52.8 Å². The smallest absolute Gasteiger partial charge is 0.161 e. The second-order valence-electron chi connectivity index (χ2n) is 4.68. The van der Waals surface area contributed by atoms with Crippen LogP contribution in [-0.4, -0.2) is 18.2 Å². The lowest BCUT2D eigenvalue weighted by Crippen LogP contribution is -2.17. The fourth-order valence-electron chi connectivity index (χ4n) is 2.21. The molecular weight excluding hydrogens is 276 g/mol. The summed E-state index contributed by atoms with van der Waals surface area (Å²) >= 11 is 6.11. The van der Waals surface area contributed by atoms with E-state index >= 15 is 0 Å². The lowest BCUT2D eigenvalue weighted by molar-refractivity contribution is 0.171. The van der Waals surface area contributed by atoms with E-state index in [0.29, 0.717) is 24.7 Å². The molecule has 1 aliphatic heterocycles. The van der Waals surface area contributed by atoms with Crippen LogP contribution in [0.3, 0.4) is 0 Å². The van der Waals surface area contributed by atoms with Crippen LogP contribution < -0.4 is 15.2 Å². The SMILES string of the molecule is NC(Cc1ccncc1Cl)c1ccc2c(c1)OCCO2. The molecule has 0 spiro atoms. The molecule has 1 atom stereocenters. The van der Waals surface area contributed by atoms with Gasteiger partial charge in [0, 0.05) is 18.4 Å². The molecule has 2 aromatic rings. The van der Waals surface area contributed by atoms with Crippen molar-refractivity contribution >= 4 is 11.6 Å². The monoisotopic (exact) mass is 290 g/mol. The number of nitrogens with zero attached hydrogens (tertiary/aromatic N) is 1. The first-order valence-corrected chi connectivity index (χ1v) is 6.85. The summed E-state index contributed by atoms with van der Waals surface area (Å²) in [4.78, 5) is 3.97. The van der Waals surface area contributed by atoms with Crippen LogP contribution in [0.4, 0.5) is 0 Å². The van der Waals surface area contributed by atoms with Gasteiger partial charge in [-0.2, -0.15) is 0 Å². The van der Waals surface area contributed by atoms with E-state index in [1.54, 1.807) is 12.4 Å². The van der Waals surface area contributed by atoms with Crippen molar-refractivity contribution in [1.82, 2.24) is 4.98 Å². The van der Waals surface area contributed by atoms with E-state index in [1.807, 2.05) is 24.3 Å². The predicted octanol–water partition coefficient (Wildman–Crippen LogP) is 2.75. The first-order chi connectivity index (χ1) is 9.74. The molecule has 1 aromatic heterocycles. The van der Waals surface area contributed by atoms with Crippen molar-refractivity contribution in [2.75, 3.05) is 13.2 Å². The average molecular weight is 291 g/mol. The molecule has 104 valence electrons. The Labute approximate surface area is 122 Å². The Morgan fingerprint density at radius 2 is 2.00 bits per heavy atom. The predicted molar refractivity (Wildman–Crippen MR) is 77.3 cm³/mol. The van der Waals surface area contributed by atoms with Crippen molar-refractivity contribution in [2.45, 2.75) is 12.5 Å². The number of hydrogen-bond donors (Lipinski definition) is 1. The van der Waals surface area contributed by atoms with Crippen LogP contribution in [0.1, 0.15) is 17.2 Å². The summed E-state index contributed by atoms with van der Waals surface area (Å²) < 4.78 is 11.1. The minimum atomic E-state index is -0.147. The number of nitrogens with two attached hydrogens (primary N) is 1. The van der Waals surface area contributed by atoms with Crippen molar-refractivity contribution < 1.29 is 9.47 Å². The second kappa shape index (κ2) is 5.69. The van der Waals surface area contributed by atoms with E-state index in [-0.39, 0.29) is 6.04 Å². The third-order valence-corrected chi connectivity index (χ3v) is 3.63. The molecule has 1 unspecified atom stereocenters. The van der Waals surface area contributed by atoms with Crippen molar-refractivity contribution in [2.24, 2.45) is 5.73 Å². The van der Waals surface area contributed by atoms with Gasteiger partial charge < -0.3 is 15.2 Å². The van der Waals surface area contributed by atoms with Gasteiger partial charge in [-0.05, 0) is 35.7 Å². The second-order valence-corrected chi connectivity index (χ2v) is 5.09. The Kier molecular flexibility index (Phi) is 3.76. The molecule has 1 aliphatic rings. The van der Waals surface area contributed by atoms with Gasteiger partial charge in [0.2, 0.25) is 0 Å². The molecule has 2 heterocycles. The highest BCUT2D eigenvalue weighted by Gasteiger charge is 2.15. The van der Waals surface area contributed by atoms with Crippen LogP contribution >= 0.6 is 11.6 Å². The van der Waals surface area contributed by atoms with E-state index in [0.717, 1.165) is 22.6 Å². The molecule has 0 radical (unpaired) electrons. The van der Waals surface area contributed by atoms with E-state index in [1.165, 1.54) is 0 Å². The molecular formula is C15H15ClN2O2. The Hall–Kier alpha value is -1.78. The number of pyridine rings is 1. The zero-order chi connectivity index (χ0) is 13.9. The van der Waals surface area contributed by atoms with Gasteiger partial charge in [-0.3, -0.25) is 4.98 Å². The molecule has 0 fully saturated rings. The number of fused-ring (bicyclic) bond motifs is 1. The fraction of sp³-hybridized carbons (Fsp3) is 0.267. The molecule has 20 heavy (non-hydrogen) atoms. The number of aromatic nitrogens is 1. The van der Waals surface area contributed by atoms with Crippen LogP contribution in [0.25, 0.3) is 0 Å². The van der Waals surface area contributed by atoms with Gasteiger partial charge in [0.05, 0.1) is 5.02 Å². The minimum absolute atomic E-state index is 0.147. The number of halogens is 1. The van der Waals surface area contributed by atoms with Gasteiger partial charge in [-0.1, -0.05) is 17.7 Å². The molecule has 1 aromatic carbocycles. The highest BCUT2D eigenvalue weighted by atomic mass is 35.5. The quantitative estimate of drug-likeness (QED) is 0.944. The number of ether oxygens (including phenoxy) is 2. The van der Waals surface area contributed by atoms with Crippen LogP contribution in [-0.2, 0) is 6.42 Å². The molecule has 2 N–H and O–H groups in total. The maximum Gasteiger partial charge on any atom is 0.161 e. The molecule has 0 amide bonds. The lowest BCUT2D eigenvalue weighted by atomic mass is 10.00. The Bertz CT molecular complexity index is 619. The summed E-state index contributed by atoms with van der Waals surface area (Å²) in [6.45, 7) is 1.16. The summed E-state index contributed by atoms with van der Waals surface area (Å²) in [7, 11) is 0. The maximum absolute atomic E-state index is 6.25. The average Bonchev–Trinajstić information content (AvgIpc) is 2.49. The summed E-state index contributed by atoms with van der Waals surface area (Å²) in [5.74, 6) is 1.53. The normalized spacial score (nSPS) is 14.9. The van der Waals surface area contributed by atoms with Crippen LogP contribution in [0.2, 0.25) is 5.02 Å². The van der Waals surface area contributed by atoms with Gasteiger partial charge in [0.1, 0.15) is 13.2 Å². The molecule has 0 bridgehead atoms. The molecule has 0 aliphatic carbocycles. The first-order valence-electron chi connectivity index (χ1n) is 6.47. The van der Waals surface area contributed by atoms with Crippen LogP contribution in [0.5, 0.6) is 11.5 Å². The third kappa shape index (κ3) is 2.71. The highest BCUT2D eigenvalue weighted by Crippen LogP contribution is 2.33. The van der Waals surface area contributed by atoms with Crippen molar-refractivity contribution in [1.29, 1.82) is 0 Å². The lowest BCUT2D eigenvalue weighted by Gasteiger charge is -2.20. The van der Waals surface area contributed by atoms with Crippen molar-refractivity contribution in [3.8, 4) is 11.5 Å². The summed E-state index contributed by atoms with van der Waals surface area (Å²) in [6.07, 6.45) is 4.01. The number of rotatable bonds is 3. The largest absolute Gasteiger partial charge is 0.486 e. The molecule has 3 rings (SSSR count). The Balaban J connectivity index is 1.80. The van der Waals surface area contributed by atoms with E-state index in [4.69, 9.17) is 26.8 Å². The van der Waals surface area contributed by atoms with Crippen molar-refractivity contribution in [3.63, 3.8) is 0 Å². The summed E-state index contributed by atoms with van der Waals surface area (Å²) in [5, 5.41) is 0.639. The van der Waals surface area contributed by atoms with Crippen LogP contribution in [0, 0.1) is 0 Å². The number of benzene rings is 1. The van der Waals surface area contributed by atoms with E-state index in [9.17, 15) is 0 Å².